The number of carboxylic acids is 1. The van der Waals surface area contributed by atoms with Gasteiger partial charge >= 0.3 is 5.97 Å². The minimum atomic E-state index is -0.824. The van der Waals surface area contributed by atoms with Crippen LogP contribution in [0.2, 0.25) is 5.02 Å². The fraction of sp³-hybridized carbons (Fsp3) is 0.324. The molecule has 3 heterocycles. The summed E-state index contributed by atoms with van der Waals surface area (Å²) in [6.45, 7) is 6.43. The van der Waals surface area contributed by atoms with Gasteiger partial charge in [0.05, 0.1) is 11.4 Å². The molecule has 1 unspecified atom stereocenters. The number of fused-ring (bicyclic) bond motifs is 3. The summed E-state index contributed by atoms with van der Waals surface area (Å²) >= 11 is 6.46. The number of carbonyl (C=O) groups is 2. The summed E-state index contributed by atoms with van der Waals surface area (Å²) in [5.41, 5.74) is 7.90. The molecule has 1 fully saturated rings. The molecule has 2 aromatic heterocycles. The molecular formula is C37H38ClN3O4. The molecule has 8 heteroatoms. The van der Waals surface area contributed by atoms with Crippen LogP contribution in [0.15, 0.2) is 72.8 Å². The van der Waals surface area contributed by atoms with Gasteiger partial charge in [0.15, 0.2) is 0 Å². The molecule has 45 heavy (non-hydrogen) atoms. The van der Waals surface area contributed by atoms with E-state index in [0.29, 0.717) is 37.7 Å². The second-order valence-corrected chi connectivity index (χ2v) is 12.4. The number of nitrogens with zero attached hydrogens (tertiary/aromatic N) is 2. The molecule has 0 radical (unpaired) electrons. The van der Waals surface area contributed by atoms with Crippen molar-refractivity contribution in [3.8, 4) is 0 Å². The van der Waals surface area contributed by atoms with Gasteiger partial charge in [0.25, 0.3) is 0 Å². The van der Waals surface area contributed by atoms with Crippen molar-refractivity contribution in [1.29, 1.82) is 0 Å². The number of aryl methyl sites for hydroxylation is 2. The van der Waals surface area contributed by atoms with E-state index < -0.39 is 5.97 Å². The number of hydrogen-bond donors (Lipinski definition) is 2. The van der Waals surface area contributed by atoms with Crippen LogP contribution in [0.1, 0.15) is 58.7 Å². The molecule has 0 bridgehead atoms. The fourth-order valence-electron chi connectivity index (χ4n) is 6.80. The molecule has 1 amide bonds. The molecule has 5 aromatic rings. The number of carboxylic acid groups (broad SMARTS) is 1. The summed E-state index contributed by atoms with van der Waals surface area (Å²) in [6.07, 6.45) is 2.19. The summed E-state index contributed by atoms with van der Waals surface area (Å²) in [7, 11) is 0. The third kappa shape index (κ3) is 6.60. The third-order valence-electron chi connectivity index (χ3n) is 9.13. The quantitative estimate of drug-likeness (QED) is 0.170. The Labute approximate surface area is 268 Å². The van der Waals surface area contributed by atoms with Gasteiger partial charge in [-0.25, -0.2) is 4.98 Å². The average molecular weight is 624 g/mol. The Morgan fingerprint density at radius 2 is 1.76 bits per heavy atom. The average Bonchev–Trinajstić information content (AvgIpc) is 3.33. The number of aliphatic carboxylic acids is 1. The minimum Gasteiger partial charge on any atom is -0.481 e. The smallest absolute Gasteiger partial charge is 0.303 e. The molecule has 1 aliphatic rings. The predicted octanol–water partition coefficient (Wildman–Crippen LogP) is 7.35. The maximum atomic E-state index is 13.6. The van der Waals surface area contributed by atoms with Crippen molar-refractivity contribution < 1.29 is 19.4 Å². The van der Waals surface area contributed by atoms with Gasteiger partial charge in [-0.1, -0.05) is 66.2 Å². The van der Waals surface area contributed by atoms with Crippen molar-refractivity contribution in [2.24, 2.45) is 5.92 Å². The van der Waals surface area contributed by atoms with E-state index in [0.717, 1.165) is 68.3 Å². The first kappa shape index (κ1) is 30.8. The maximum absolute atomic E-state index is 13.6. The Morgan fingerprint density at radius 3 is 2.47 bits per heavy atom. The molecule has 1 atom stereocenters. The summed E-state index contributed by atoms with van der Waals surface area (Å²) in [5, 5.41) is 15.1. The first-order valence-electron chi connectivity index (χ1n) is 15.6. The standard InChI is InChI=1S/C37H38ClN3O4/c1-23-30(13-15-33(42)43)24(2)40-36-34(23)31-20-29(38)12-14-32(31)41(36)22-26-8-10-27(11-9-26)35(28-16-18-45-19-17-28)37(44)39-21-25-6-4-3-5-7-25/h3-12,14,20,28,35H,13,15-19,21-22H2,1-2H3,(H,39,44)(H,42,43). The van der Waals surface area contributed by atoms with Crippen molar-refractivity contribution in [3.63, 3.8) is 0 Å². The number of nitrogens with one attached hydrogen (secondary N) is 1. The number of halogens is 1. The number of amides is 1. The highest BCUT2D eigenvalue weighted by molar-refractivity contribution is 6.32. The molecule has 0 saturated carbocycles. The van der Waals surface area contributed by atoms with E-state index in [1.165, 1.54) is 0 Å². The van der Waals surface area contributed by atoms with Crippen LogP contribution in [0.5, 0.6) is 0 Å². The highest BCUT2D eigenvalue weighted by atomic mass is 35.5. The first-order valence-corrected chi connectivity index (χ1v) is 16.0. The van der Waals surface area contributed by atoms with Crippen LogP contribution in [0, 0.1) is 19.8 Å². The van der Waals surface area contributed by atoms with E-state index in [9.17, 15) is 14.7 Å². The fourth-order valence-corrected chi connectivity index (χ4v) is 6.98. The van der Waals surface area contributed by atoms with Gasteiger partial charge in [-0.05, 0) is 85.0 Å². The van der Waals surface area contributed by atoms with Gasteiger partial charge in [-0.2, -0.15) is 0 Å². The second kappa shape index (κ2) is 13.4. The van der Waals surface area contributed by atoms with Gasteiger partial charge in [0, 0.05) is 54.2 Å². The van der Waals surface area contributed by atoms with E-state index in [1.807, 2.05) is 62.4 Å². The molecule has 3 aromatic carbocycles. The molecule has 0 spiro atoms. The zero-order valence-corrected chi connectivity index (χ0v) is 26.4. The SMILES string of the molecule is Cc1nc2c(c(C)c1CCC(=O)O)c1cc(Cl)ccc1n2Cc1ccc(C(C(=O)NCc2ccccc2)C2CCOCC2)cc1. The van der Waals surface area contributed by atoms with Crippen molar-refractivity contribution in [3.05, 3.63) is 111 Å². The Hall–Kier alpha value is -4.20. The number of ether oxygens (including phenoxy) is 1. The molecule has 0 aliphatic carbocycles. The van der Waals surface area contributed by atoms with E-state index in [-0.39, 0.29) is 24.2 Å². The highest BCUT2D eigenvalue weighted by Gasteiger charge is 2.31. The van der Waals surface area contributed by atoms with E-state index in [2.05, 4.69) is 34.1 Å². The molecule has 2 N–H and O–H groups in total. The monoisotopic (exact) mass is 623 g/mol. The predicted molar refractivity (Wildman–Crippen MR) is 178 cm³/mol. The minimum absolute atomic E-state index is 0.0478. The zero-order chi connectivity index (χ0) is 31.5. The van der Waals surface area contributed by atoms with Crippen LogP contribution < -0.4 is 5.32 Å². The molecule has 1 saturated heterocycles. The zero-order valence-electron chi connectivity index (χ0n) is 25.7. The molecule has 7 nitrogen and oxygen atoms in total. The Kier molecular flexibility index (Phi) is 9.19. The number of hydrogen-bond acceptors (Lipinski definition) is 4. The summed E-state index contributed by atoms with van der Waals surface area (Å²) < 4.78 is 7.83. The lowest BCUT2D eigenvalue weighted by Gasteiger charge is -2.30. The lowest BCUT2D eigenvalue weighted by Crippen LogP contribution is -2.35. The normalized spacial score (nSPS) is 14.6. The van der Waals surface area contributed by atoms with Gasteiger partial charge in [0.1, 0.15) is 5.65 Å². The number of carbonyl (C=O) groups excluding carboxylic acids is 1. The summed E-state index contributed by atoms with van der Waals surface area (Å²) in [4.78, 5) is 30.0. The first-order chi connectivity index (χ1) is 21.8. The highest BCUT2D eigenvalue weighted by Crippen LogP contribution is 2.36. The Bertz CT molecular complexity index is 1840. The van der Waals surface area contributed by atoms with Crippen molar-refractivity contribution >= 4 is 45.4 Å². The van der Waals surface area contributed by atoms with Crippen LogP contribution >= 0.6 is 11.6 Å². The van der Waals surface area contributed by atoms with Crippen molar-refractivity contribution in [1.82, 2.24) is 14.9 Å². The second-order valence-electron chi connectivity index (χ2n) is 12.0. The molecule has 1 aliphatic heterocycles. The van der Waals surface area contributed by atoms with Gasteiger partial charge in [-0.3, -0.25) is 9.59 Å². The van der Waals surface area contributed by atoms with Gasteiger partial charge in [0.2, 0.25) is 5.91 Å². The Balaban J connectivity index is 1.32. The number of pyridine rings is 1. The van der Waals surface area contributed by atoms with E-state index in [1.54, 1.807) is 0 Å². The summed E-state index contributed by atoms with van der Waals surface area (Å²) in [6, 6.07) is 24.3. The van der Waals surface area contributed by atoms with Gasteiger partial charge < -0.3 is 19.7 Å². The molecular weight excluding hydrogens is 586 g/mol. The number of aromatic nitrogens is 2. The number of benzene rings is 3. The van der Waals surface area contributed by atoms with Crippen LogP contribution in [-0.4, -0.2) is 39.7 Å². The topological polar surface area (TPSA) is 93.5 Å². The maximum Gasteiger partial charge on any atom is 0.303 e. The van der Waals surface area contributed by atoms with Gasteiger partial charge in [-0.15, -0.1) is 0 Å². The lowest BCUT2D eigenvalue weighted by molar-refractivity contribution is -0.137. The van der Waals surface area contributed by atoms with Crippen LogP contribution in [0.4, 0.5) is 0 Å². The molecule has 232 valence electrons. The van der Waals surface area contributed by atoms with Crippen LogP contribution in [-0.2, 0) is 33.8 Å². The van der Waals surface area contributed by atoms with Crippen molar-refractivity contribution in [2.75, 3.05) is 13.2 Å². The number of rotatable bonds is 10. The Morgan fingerprint density at radius 1 is 1.02 bits per heavy atom. The largest absolute Gasteiger partial charge is 0.481 e. The summed E-state index contributed by atoms with van der Waals surface area (Å²) in [5.74, 6) is -0.812. The third-order valence-corrected chi connectivity index (χ3v) is 9.37. The lowest BCUT2D eigenvalue weighted by atomic mass is 9.80. The van der Waals surface area contributed by atoms with E-state index >= 15 is 0 Å². The van der Waals surface area contributed by atoms with Crippen LogP contribution in [0.3, 0.4) is 0 Å². The van der Waals surface area contributed by atoms with E-state index in [4.69, 9.17) is 21.3 Å². The molecule has 6 rings (SSSR count). The van der Waals surface area contributed by atoms with Crippen molar-refractivity contribution in [2.45, 2.75) is 58.5 Å². The van der Waals surface area contributed by atoms with Crippen LogP contribution in [0.25, 0.3) is 21.9 Å².